The molecule has 0 fully saturated rings. The summed E-state index contributed by atoms with van der Waals surface area (Å²) in [6, 6.07) is 7.04. The number of benzene rings is 1. The van der Waals surface area contributed by atoms with Crippen molar-refractivity contribution < 1.29 is 14.7 Å². The van der Waals surface area contributed by atoms with Gasteiger partial charge >= 0.3 is 0 Å². The van der Waals surface area contributed by atoms with Gasteiger partial charge in [0.1, 0.15) is 0 Å². The second kappa shape index (κ2) is 8.42. The van der Waals surface area contributed by atoms with E-state index in [2.05, 4.69) is 5.32 Å². The van der Waals surface area contributed by atoms with Crippen molar-refractivity contribution in [3.63, 3.8) is 0 Å². The number of aliphatic hydroxyl groups is 1. The highest BCUT2D eigenvalue weighted by atomic mass is 16.3. The van der Waals surface area contributed by atoms with E-state index < -0.39 is 0 Å². The molecular formula is C16H24N2O3. The maximum atomic E-state index is 12.2. The van der Waals surface area contributed by atoms with E-state index in [1.54, 1.807) is 31.3 Å². The van der Waals surface area contributed by atoms with Crippen molar-refractivity contribution in [2.24, 2.45) is 5.92 Å². The Labute approximate surface area is 126 Å². The van der Waals surface area contributed by atoms with E-state index >= 15 is 0 Å². The van der Waals surface area contributed by atoms with Crippen molar-refractivity contribution in [3.8, 4) is 0 Å². The Morgan fingerprint density at radius 3 is 2.62 bits per heavy atom. The first kappa shape index (κ1) is 17.2. The summed E-state index contributed by atoms with van der Waals surface area (Å²) in [5.41, 5.74) is 1.09. The lowest BCUT2D eigenvalue weighted by Crippen LogP contribution is -2.29. The first-order valence-corrected chi connectivity index (χ1v) is 7.19. The maximum absolute atomic E-state index is 12.2. The van der Waals surface area contributed by atoms with Crippen LogP contribution in [0.2, 0.25) is 0 Å². The van der Waals surface area contributed by atoms with E-state index in [1.807, 2.05) is 6.92 Å². The standard InChI is InChI=1S/C16H24N2O3/c1-12(11-19)7-6-10-17-16(21)14-8-4-5-9-15(14)18(3)13(2)20/h4-5,8-9,12,19H,6-7,10-11H2,1-3H3,(H,17,21). The molecule has 0 saturated heterocycles. The van der Waals surface area contributed by atoms with E-state index in [0.717, 1.165) is 12.8 Å². The quantitative estimate of drug-likeness (QED) is 0.753. The number of rotatable bonds is 7. The fraction of sp³-hybridized carbons (Fsp3) is 0.500. The molecule has 0 aliphatic carbocycles. The van der Waals surface area contributed by atoms with Gasteiger partial charge in [-0.25, -0.2) is 0 Å². The number of anilines is 1. The van der Waals surface area contributed by atoms with Gasteiger partial charge < -0.3 is 15.3 Å². The molecule has 0 aliphatic heterocycles. The molecule has 1 aromatic rings. The predicted octanol–water partition coefficient (Wildman–Crippen LogP) is 1.81. The number of hydrogen-bond acceptors (Lipinski definition) is 3. The molecule has 0 aromatic heterocycles. The lowest BCUT2D eigenvalue weighted by molar-refractivity contribution is -0.116. The lowest BCUT2D eigenvalue weighted by Gasteiger charge is -2.18. The Balaban J connectivity index is 2.64. The molecule has 2 N–H and O–H groups in total. The Kier molecular flexibility index (Phi) is 6.88. The molecule has 0 heterocycles. The molecule has 21 heavy (non-hydrogen) atoms. The van der Waals surface area contributed by atoms with E-state index in [1.165, 1.54) is 11.8 Å². The first-order valence-electron chi connectivity index (χ1n) is 7.19. The number of hydrogen-bond donors (Lipinski definition) is 2. The second-order valence-corrected chi connectivity index (χ2v) is 5.28. The van der Waals surface area contributed by atoms with Crippen molar-refractivity contribution in [2.45, 2.75) is 26.7 Å². The molecule has 1 unspecified atom stereocenters. The summed E-state index contributed by atoms with van der Waals surface area (Å²) >= 11 is 0. The Morgan fingerprint density at radius 2 is 2.00 bits per heavy atom. The van der Waals surface area contributed by atoms with Crippen LogP contribution in [0.4, 0.5) is 5.69 Å². The molecule has 1 aromatic carbocycles. The zero-order valence-corrected chi connectivity index (χ0v) is 12.9. The first-order chi connectivity index (χ1) is 9.97. The third-order valence-electron chi connectivity index (χ3n) is 3.45. The molecule has 1 rings (SSSR count). The number of nitrogens with one attached hydrogen (secondary N) is 1. The van der Waals surface area contributed by atoms with Crippen LogP contribution in [0.15, 0.2) is 24.3 Å². The Bertz CT molecular complexity index is 488. The van der Waals surface area contributed by atoms with Crippen LogP contribution in [-0.2, 0) is 4.79 Å². The van der Waals surface area contributed by atoms with Crippen LogP contribution in [0, 0.1) is 5.92 Å². The average Bonchev–Trinajstić information content (AvgIpc) is 2.50. The second-order valence-electron chi connectivity index (χ2n) is 5.28. The van der Waals surface area contributed by atoms with Crippen LogP contribution in [0.3, 0.4) is 0 Å². The van der Waals surface area contributed by atoms with Gasteiger partial charge in [-0.3, -0.25) is 9.59 Å². The van der Waals surface area contributed by atoms with Crippen LogP contribution in [0.25, 0.3) is 0 Å². The fourth-order valence-corrected chi connectivity index (χ4v) is 1.97. The minimum atomic E-state index is -0.185. The van der Waals surface area contributed by atoms with Crippen LogP contribution < -0.4 is 10.2 Å². The highest BCUT2D eigenvalue weighted by Crippen LogP contribution is 2.19. The number of carbonyl (C=O) groups is 2. The van der Waals surface area contributed by atoms with E-state index in [4.69, 9.17) is 5.11 Å². The van der Waals surface area contributed by atoms with Gasteiger partial charge in [0.2, 0.25) is 5.91 Å². The molecule has 0 aliphatic rings. The monoisotopic (exact) mass is 292 g/mol. The largest absolute Gasteiger partial charge is 0.396 e. The van der Waals surface area contributed by atoms with E-state index in [9.17, 15) is 9.59 Å². The summed E-state index contributed by atoms with van der Waals surface area (Å²) in [6.07, 6.45) is 1.68. The number of aliphatic hydroxyl groups excluding tert-OH is 1. The highest BCUT2D eigenvalue weighted by Gasteiger charge is 2.15. The summed E-state index contributed by atoms with van der Waals surface area (Å²) in [6.45, 7) is 4.16. The SMILES string of the molecule is CC(=O)N(C)c1ccccc1C(=O)NCCCC(C)CO. The average molecular weight is 292 g/mol. The minimum absolute atomic E-state index is 0.118. The van der Waals surface area contributed by atoms with Gasteiger partial charge in [-0.2, -0.15) is 0 Å². The number of carbonyl (C=O) groups excluding carboxylic acids is 2. The van der Waals surface area contributed by atoms with E-state index in [0.29, 0.717) is 17.8 Å². The van der Waals surface area contributed by atoms with E-state index in [-0.39, 0.29) is 24.3 Å². The van der Waals surface area contributed by atoms with Crippen molar-refractivity contribution >= 4 is 17.5 Å². The zero-order chi connectivity index (χ0) is 15.8. The van der Waals surface area contributed by atoms with Crippen molar-refractivity contribution in [2.75, 3.05) is 25.1 Å². The summed E-state index contributed by atoms with van der Waals surface area (Å²) in [7, 11) is 1.65. The molecule has 1 atom stereocenters. The van der Waals surface area contributed by atoms with Crippen molar-refractivity contribution in [1.29, 1.82) is 0 Å². The van der Waals surface area contributed by atoms with Gasteiger partial charge in [0, 0.05) is 27.1 Å². The third kappa shape index (κ3) is 5.19. The topological polar surface area (TPSA) is 69.6 Å². The van der Waals surface area contributed by atoms with Crippen LogP contribution >= 0.6 is 0 Å². The predicted molar refractivity (Wildman–Crippen MR) is 83.3 cm³/mol. The molecule has 0 bridgehead atoms. The van der Waals surface area contributed by atoms with Crippen LogP contribution in [0.1, 0.15) is 37.0 Å². The van der Waals surface area contributed by atoms with Crippen molar-refractivity contribution in [1.82, 2.24) is 5.32 Å². The number of amides is 2. The normalized spacial score (nSPS) is 11.8. The summed E-state index contributed by atoms with van der Waals surface area (Å²) in [4.78, 5) is 25.1. The van der Waals surface area contributed by atoms with Crippen LogP contribution in [-0.4, -0.2) is 37.1 Å². The molecule has 2 amide bonds. The molecule has 116 valence electrons. The molecule has 0 radical (unpaired) electrons. The van der Waals surface area contributed by atoms with Gasteiger partial charge in [-0.1, -0.05) is 19.1 Å². The fourth-order valence-electron chi connectivity index (χ4n) is 1.97. The Hall–Kier alpha value is -1.88. The molecule has 5 heteroatoms. The zero-order valence-electron chi connectivity index (χ0n) is 12.9. The molecule has 0 spiro atoms. The van der Waals surface area contributed by atoms with Gasteiger partial charge in [-0.05, 0) is 30.9 Å². The maximum Gasteiger partial charge on any atom is 0.253 e. The molecular weight excluding hydrogens is 268 g/mol. The smallest absolute Gasteiger partial charge is 0.253 e. The van der Waals surface area contributed by atoms with Crippen molar-refractivity contribution in [3.05, 3.63) is 29.8 Å². The summed E-state index contributed by atoms with van der Waals surface area (Å²) in [5, 5.41) is 11.8. The summed E-state index contributed by atoms with van der Waals surface area (Å²) in [5.74, 6) is -0.0552. The molecule has 5 nitrogen and oxygen atoms in total. The lowest BCUT2D eigenvalue weighted by atomic mass is 10.1. The van der Waals surface area contributed by atoms with Gasteiger partial charge in [-0.15, -0.1) is 0 Å². The third-order valence-corrected chi connectivity index (χ3v) is 3.45. The minimum Gasteiger partial charge on any atom is -0.396 e. The van der Waals surface area contributed by atoms with Gasteiger partial charge in [0.05, 0.1) is 11.3 Å². The van der Waals surface area contributed by atoms with Gasteiger partial charge in [0.15, 0.2) is 0 Å². The van der Waals surface area contributed by atoms with Crippen LogP contribution in [0.5, 0.6) is 0 Å². The number of nitrogens with zero attached hydrogens (tertiary/aromatic N) is 1. The van der Waals surface area contributed by atoms with Gasteiger partial charge in [0.25, 0.3) is 5.91 Å². The highest BCUT2D eigenvalue weighted by molar-refractivity contribution is 6.04. The molecule has 0 saturated carbocycles. The number of para-hydroxylation sites is 1. The summed E-state index contributed by atoms with van der Waals surface area (Å²) < 4.78 is 0. The Morgan fingerprint density at radius 1 is 1.33 bits per heavy atom.